The van der Waals surface area contributed by atoms with Gasteiger partial charge in [-0.05, 0) is 135 Å². The van der Waals surface area contributed by atoms with E-state index in [0.29, 0.717) is 17.8 Å². The lowest BCUT2D eigenvalue weighted by Gasteiger charge is -2.75. The number of aliphatic hydroxyl groups is 1. The van der Waals surface area contributed by atoms with Gasteiger partial charge in [0.15, 0.2) is 5.79 Å². The standard InChI is InChI=1S/C40H60O5/c1-26-39-15-12-29-36(4,20-22-38(6)31-25-35(3,33(41)42)18-17-34(31,2)19-21-37(29,38)5)30(39)13-16-40(26,43)45-32(39)24-28-10-8-27(9-11-28)14-23-44-7/h8-11,26,29-32,43H,12-25H2,1-7H3,(H,41,42). The molecule has 1 aromatic rings. The highest BCUT2D eigenvalue weighted by Crippen LogP contribution is 2.80. The minimum atomic E-state index is -1.02. The molecule has 0 radical (unpaired) electrons. The summed E-state index contributed by atoms with van der Waals surface area (Å²) in [6.07, 6.45) is 13.5. The predicted molar refractivity (Wildman–Crippen MR) is 177 cm³/mol. The van der Waals surface area contributed by atoms with Crippen LogP contribution in [-0.2, 0) is 27.1 Å². The normalized spacial score (nSPS) is 51.9. The molecule has 0 amide bonds. The molecule has 0 aromatic heterocycles. The minimum Gasteiger partial charge on any atom is -0.481 e. The third-order valence-corrected chi connectivity index (χ3v) is 16.9. The summed E-state index contributed by atoms with van der Waals surface area (Å²) >= 11 is 0. The van der Waals surface area contributed by atoms with Gasteiger partial charge in [0, 0.05) is 24.9 Å². The van der Waals surface area contributed by atoms with E-state index in [1.165, 1.54) is 43.2 Å². The molecule has 5 saturated carbocycles. The number of hydrogen-bond acceptors (Lipinski definition) is 4. The van der Waals surface area contributed by atoms with Crippen LogP contribution in [0.2, 0.25) is 0 Å². The Labute approximate surface area is 272 Å². The fourth-order valence-corrected chi connectivity index (χ4v) is 13.8. The molecule has 7 rings (SSSR count). The van der Waals surface area contributed by atoms with Crippen molar-refractivity contribution in [1.29, 1.82) is 0 Å². The zero-order valence-electron chi connectivity index (χ0n) is 29.2. The van der Waals surface area contributed by atoms with Crippen molar-refractivity contribution < 1.29 is 24.5 Å². The lowest BCUT2D eigenvalue weighted by atomic mass is 9.29. The number of aliphatic carboxylic acids is 1. The van der Waals surface area contributed by atoms with Crippen LogP contribution in [0.4, 0.5) is 0 Å². The Balaban J connectivity index is 1.21. The molecule has 250 valence electrons. The average molecular weight is 621 g/mol. The van der Waals surface area contributed by atoms with Crippen molar-refractivity contribution in [2.24, 2.45) is 56.2 Å². The second-order valence-electron chi connectivity index (χ2n) is 18.3. The van der Waals surface area contributed by atoms with Gasteiger partial charge in [0.05, 0.1) is 18.1 Å². The van der Waals surface area contributed by atoms with E-state index in [1.54, 1.807) is 7.11 Å². The molecule has 6 aliphatic rings. The molecule has 1 saturated heterocycles. The first-order chi connectivity index (χ1) is 21.1. The summed E-state index contributed by atoms with van der Waals surface area (Å²) in [6.45, 7) is 15.4. The van der Waals surface area contributed by atoms with Crippen molar-refractivity contribution in [2.45, 2.75) is 137 Å². The summed E-state index contributed by atoms with van der Waals surface area (Å²) in [7, 11) is 1.75. The highest BCUT2D eigenvalue weighted by molar-refractivity contribution is 5.74. The summed E-state index contributed by atoms with van der Waals surface area (Å²) in [5.41, 5.74) is 2.73. The third kappa shape index (κ3) is 4.24. The van der Waals surface area contributed by atoms with Crippen LogP contribution in [-0.4, -0.2) is 41.8 Å². The minimum absolute atomic E-state index is 0.0209. The number of benzene rings is 1. The topological polar surface area (TPSA) is 76.0 Å². The summed E-state index contributed by atoms with van der Waals surface area (Å²) in [5, 5.41) is 22.3. The molecule has 5 nitrogen and oxygen atoms in total. The highest BCUT2D eigenvalue weighted by Gasteiger charge is 2.76. The molecule has 1 heterocycles. The zero-order valence-corrected chi connectivity index (χ0v) is 29.2. The zero-order chi connectivity index (χ0) is 32.3. The SMILES string of the molecule is COCCc1ccc(CC2OC3(O)CCC4C5(C)CCC6(C)C7CC(C)(C(=O)O)CCC7(C)CCC6(C)C5CCC24C3C)cc1. The maximum atomic E-state index is 12.5. The second-order valence-corrected chi connectivity index (χ2v) is 18.3. The molecular weight excluding hydrogens is 560 g/mol. The number of ether oxygens (including phenoxy) is 2. The number of rotatable bonds is 6. The van der Waals surface area contributed by atoms with E-state index in [-0.39, 0.29) is 39.1 Å². The Bertz CT molecular complexity index is 1330. The van der Waals surface area contributed by atoms with Crippen LogP contribution < -0.4 is 0 Å². The van der Waals surface area contributed by atoms with Crippen molar-refractivity contribution in [3.8, 4) is 0 Å². The number of fused-ring (bicyclic) bond motifs is 7. The first kappa shape index (κ1) is 32.1. The van der Waals surface area contributed by atoms with Crippen LogP contribution in [0.25, 0.3) is 0 Å². The molecule has 1 aromatic carbocycles. The lowest BCUT2D eigenvalue weighted by molar-refractivity contribution is -0.267. The summed E-state index contributed by atoms with van der Waals surface area (Å²) in [4.78, 5) is 12.5. The van der Waals surface area contributed by atoms with Crippen molar-refractivity contribution in [1.82, 2.24) is 0 Å². The Kier molecular flexibility index (Phi) is 7.34. The fourth-order valence-electron chi connectivity index (χ4n) is 13.8. The molecule has 6 fully saturated rings. The number of carbonyl (C=O) groups is 1. The van der Waals surface area contributed by atoms with Crippen LogP contribution in [0.5, 0.6) is 0 Å². The molecule has 1 aliphatic heterocycles. The molecular formula is C40H60O5. The molecule has 2 N–H and O–H groups in total. The smallest absolute Gasteiger partial charge is 0.309 e. The van der Waals surface area contributed by atoms with E-state index in [9.17, 15) is 15.0 Å². The van der Waals surface area contributed by atoms with E-state index in [1.807, 2.05) is 6.92 Å². The van der Waals surface area contributed by atoms with E-state index in [2.05, 4.69) is 58.9 Å². The van der Waals surface area contributed by atoms with Crippen molar-refractivity contribution in [3.63, 3.8) is 0 Å². The maximum Gasteiger partial charge on any atom is 0.309 e. The van der Waals surface area contributed by atoms with Crippen molar-refractivity contribution >= 4 is 5.97 Å². The van der Waals surface area contributed by atoms with Gasteiger partial charge in [-0.25, -0.2) is 0 Å². The van der Waals surface area contributed by atoms with E-state index in [4.69, 9.17) is 9.47 Å². The quantitative estimate of drug-likeness (QED) is 0.334. The monoisotopic (exact) mass is 620 g/mol. The fraction of sp³-hybridized carbons (Fsp3) is 0.825. The van der Waals surface area contributed by atoms with Crippen LogP contribution in [0.1, 0.15) is 123 Å². The number of methoxy groups -OCH3 is 1. The summed E-state index contributed by atoms with van der Waals surface area (Å²) in [6, 6.07) is 9.01. The van der Waals surface area contributed by atoms with Gasteiger partial charge in [0.1, 0.15) is 0 Å². The van der Waals surface area contributed by atoms with Gasteiger partial charge in [0.2, 0.25) is 0 Å². The van der Waals surface area contributed by atoms with Gasteiger partial charge in [-0.2, -0.15) is 0 Å². The molecule has 45 heavy (non-hydrogen) atoms. The van der Waals surface area contributed by atoms with Crippen LogP contribution in [0.3, 0.4) is 0 Å². The molecule has 12 atom stereocenters. The Hall–Kier alpha value is -1.43. The summed E-state index contributed by atoms with van der Waals surface area (Å²) in [5.74, 6) is 0.0914. The molecule has 12 unspecified atom stereocenters. The second kappa shape index (κ2) is 10.3. The van der Waals surface area contributed by atoms with Crippen molar-refractivity contribution in [2.75, 3.05) is 13.7 Å². The first-order valence-corrected chi connectivity index (χ1v) is 18.3. The Morgan fingerprint density at radius 3 is 2.16 bits per heavy atom. The van der Waals surface area contributed by atoms with Gasteiger partial charge < -0.3 is 19.7 Å². The van der Waals surface area contributed by atoms with Gasteiger partial charge >= 0.3 is 5.97 Å². The predicted octanol–water partition coefficient (Wildman–Crippen LogP) is 8.45. The lowest BCUT2D eigenvalue weighted by Crippen LogP contribution is -2.69. The largest absolute Gasteiger partial charge is 0.481 e. The first-order valence-electron chi connectivity index (χ1n) is 18.3. The third-order valence-electron chi connectivity index (χ3n) is 16.9. The highest BCUT2D eigenvalue weighted by atomic mass is 16.6. The molecule has 5 heteroatoms. The van der Waals surface area contributed by atoms with Crippen molar-refractivity contribution in [3.05, 3.63) is 35.4 Å². The summed E-state index contributed by atoms with van der Waals surface area (Å²) < 4.78 is 12.1. The van der Waals surface area contributed by atoms with Gasteiger partial charge in [-0.1, -0.05) is 58.9 Å². The Morgan fingerprint density at radius 2 is 1.47 bits per heavy atom. The molecule has 2 bridgehead atoms. The van der Waals surface area contributed by atoms with E-state index < -0.39 is 17.2 Å². The Morgan fingerprint density at radius 1 is 0.844 bits per heavy atom. The van der Waals surface area contributed by atoms with Crippen LogP contribution in [0.15, 0.2) is 24.3 Å². The van der Waals surface area contributed by atoms with Gasteiger partial charge in [-0.3, -0.25) is 4.79 Å². The van der Waals surface area contributed by atoms with Crippen LogP contribution >= 0.6 is 0 Å². The number of carboxylic acid groups (broad SMARTS) is 1. The van der Waals surface area contributed by atoms with Crippen LogP contribution in [0, 0.1) is 56.2 Å². The maximum absolute atomic E-state index is 12.5. The number of carboxylic acids is 1. The molecule has 1 spiro atoms. The van der Waals surface area contributed by atoms with E-state index >= 15 is 0 Å². The average Bonchev–Trinajstić information content (AvgIpc) is 3.10. The van der Waals surface area contributed by atoms with Gasteiger partial charge in [-0.15, -0.1) is 0 Å². The van der Waals surface area contributed by atoms with Gasteiger partial charge in [0.25, 0.3) is 0 Å². The van der Waals surface area contributed by atoms with E-state index in [0.717, 1.165) is 58.0 Å². The number of hydrogen-bond donors (Lipinski definition) is 2. The molecule has 5 aliphatic carbocycles.